The van der Waals surface area contributed by atoms with Gasteiger partial charge in [0.25, 0.3) is 0 Å². The van der Waals surface area contributed by atoms with Crippen molar-refractivity contribution in [3.05, 3.63) is 47.2 Å². The minimum absolute atomic E-state index is 0.277. The summed E-state index contributed by atoms with van der Waals surface area (Å²) in [5, 5.41) is 0. The van der Waals surface area contributed by atoms with Crippen LogP contribution in [0, 0.1) is 6.92 Å². The highest BCUT2D eigenvalue weighted by Crippen LogP contribution is 2.31. The van der Waals surface area contributed by atoms with Gasteiger partial charge in [-0.15, -0.1) is 0 Å². The minimum Gasteiger partial charge on any atom is -0.367 e. The summed E-state index contributed by atoms with van der Waals surface area (Å²) in [4.78, 5) is 13.3. The van der Waals surface area contributed by atoms with Crippen molar-refractivity contribution < 1.29 is 18.0 Å². The van der Waals surface area contributed by atoms with Crippen LogP contribution in [0.5, 0.6) is 0 Å². The maximum atomic E-state index is 13.2. The molecule has 0 atom stereocenters. The van der Waals surface area contributed by atoms with Crippen LogP contribution < -0.4 is 0 Å². The standard InChI is InChI=1S/C16H18F3NO/c1-12-5-7-13(8-6-12)14(21)11-15(16(17,18)19)20-9-3-2-4-10-20/h5-8,11H,2-4,9-10H2,1H3/b15-11-. The monoisotopic (exact) mass is 297 g/mol. The molecule has 0 spiro atoms. The summed E-state index contributed by atoms with van der Waals surface area (Å²) >= 11 is 0. The molecule has 0 N–H and O–H groups in total. The fourth-order valence-corrected chi connectivity index (χ4v) is 2.41. The minimum atomic E-state index is -4.50. The maximum Gasteiger partial charge on any atom is 0.431 e. The number of nitrogens with zero attached hydrogens (tertiary/aromatic N) is 1. The van der Waals surface area contributed by atoms with Crippen LogP contribution in [0.25, 0.3) is 0 Å². The average Bonchev–Trinajstić information content (AvgIpc) is 2.45. The van der Waals surface area contributed by atoms with Crippen molar-refractivity contribution in [2.24, 2.45) is 0 Å². The average molecular weight is 297 g/mol. The second-order valence-corrected chi connectivity index (χ2v) is 5.31. The normalized spacial score (nSPS) is 17.0. The molecular weight excluding hydrogens is 279 g/mol. The number of aryl methyl sites for hydroxylation is 1. The number of rotatable bonds is 3. The number of ketones is 1. The fraction of sp³-hybridized carbons (Fsp3) is 0.438. The zero-order chi connectivity index (χ0) is 15.5. The van der Waals surface area contributed by atoms with Crippen LogP contribution in [-0.2, 0) is 0 Å². The number of alkyl halides is 3. The van der Waals surface area contributed by atoms with Gasteiger partial charge in [-0.1, -0.05) is 29.8 Å². The van der Waals surface area contributed by atoms with Gasteiger partial charge in [0.2, 0.25) is 0 Å². The van der Waals surface area contributed by atoms with Gasteiger partial charge in [0.15, 0.2) is 5.78 Å². The largest absolute Gasteiger partial charge is 0.431 e. The summed E-state index contributed by atoms with van der Waals surface area (Å²) in [6.45, 7) is 2.57. The van der Waals surface area contributed by atoms with Crippen molar-refractivity contribution in [2.75, 3.05) is 13.1 Å². The molecule has 1 fully saturated rings. The van der Waals surface area contributed by atoms with E-state index in [4.69, 9.17) is 0 Å². The molecule has 2 nitrogen and oxygen atoms in total. The van der Waals surface area contributed by atoms with Crippen molar-refractivity contribution in [1.29, 1.82) is 0 Å². The molecule has 114 valence electrons. The quantitative estimate of drug-likeness (QED) is 0.618. The van der Waals surface area contributed by atoms with E-state index in [0.29, 0.717) is 13.1 Å². The van der Waals surface area contributed by atoms with Crippen molar-refractivity contribution in [2.45, 2.75) is 32.4 Å². The second kappa shape index (κ2) is 6.33. The van der Waals surface area contributed by atoms with Gasteiger partial charge in [0.05, 0.1) is 0 Å². The predicted octanol–water partition coefficient (Wildman–Crippen LogP) is 4.11. The smallest absolute Gasteiger partial charge is 0.367 e. The fourth-order valence-electron chi connectivity index (χ4n) is 2.41. The number of allylic oxidation sites excluding steroid dienone is 2. The molecule has 0 radical (unpaired) electrons. The molecule has 1 aromatic rings. The van der Waals surface area contributed by atoms with Crippen LogP contribution in [0.2, 0.25) is 0 Å². The van der Waals surface area contributed by atoms with Crippen LogP contribution in [0.4, 0.5) is 13.2 Å². The Balaban J connectivity index is 2.27. The number of likely N-dealkylation sites (tertiary alicyclic amines) is 1. The molecule has 0 bridgehead atoms. The molecule has 1 aliphatic rings. The molecule has 1 heterocycles. The topological polar surface area (TPSA) is 20.3 Å². The molecule has 1 aliphatic heterocycles. The Kier molecular flexibility index (Phi) is 4.70. The van der Waals surface area contributed by atoms with Gasteiger partial charge in [-0.05, 0) is 26.2 Å². The van der Waals surface area contributed by atoms with Crippen molar-refractivity contribution in [1.82, 2.24) is 4.90 Å². The summed E-state index contributed by atoms with van der Waals surface area (Å²) in [6.07, 6.45) is -1.38. The molecule has 0 saturated carbocycles. The van der Waals surface area contributed by atoms with E-state index in [1.54, 1.807) is 24.3 Å². The van der Waals surface area contributed by atoms with E-state index in [0.717, 1.165) is 30.9 Å². The van der Waals surface area contributed by atoms with Gasteiger partial charge < -0.3 is 4.90 Å². The summed E-state index contributed by atoms with van der Waals surface area (Å²) in [6, 6.07) is 6.54. The van der Waals surface area contributed by atoms with E-state index < -0.39 is 17.7 Å². The third-order valence-corrected chi connectivity index (χ3v) is 3.59. The predicted molar refractivity (Wildman–Crippen MR) is 75.1 cm³/mol. The van der Waals surface area contributed by atoms with Gasteiger partial charge in [0.1, 0.15) is 5.70 Å². The van der Waals surface area contributed by atoms with Gasteiger partial charge >= 0.3 is 6.18 Å². The number of benzene rings is 1. The van der Waals surface area contributed by atoms with Crippen LogP contribution >= 0.6 is 0 Å². The van der Waals surface area contributed by atoms with E-state index in [1.165, 1.54) is 4.90 Å². The summed E-state index contributed by atoms with van der Waals surface area (Å²) in [5.74, 6) is -0.604. The molecule has 0 aromatic heterocycles. The highest BCUT2D eigenvalue weighted by atomic mass is 19.4. The SMILES string of the molecule is Cc1ccc(C(=O)/C=C(\N2CCCCC2)C(F)(F)F)cc1. The van der Waals surface area contributed by atoms with Crippen molar-refractivity contribution >= 4 is 5.78 Å². The number of carbonyl (C=O) groups excluding carboxylic acids is 1. The summed E-state index contributed by atoms with van der Waals surface area (Å²) < 4.78 is 39.5. The molecule has 0 amide bonds. The lowest BCUT2D eigenvalue weighted by Crippen LogP contribution is -2.36. The Morgan fingerprint density at radius 3 is 2.19 bits per heavy atom. The Morgan fingerprint density at radius 1 is 1.10 bits per heavy atom. The van der Waals surface area contributed by atoms with Crippen LogP contribution in [-0.4, -0.2) is 29.9 Å². The van der Waals surface area contributed by atoms with Gasteiger partial charge in [-0.3, -0.25) is 4.79 Å². The number of piperidine rings is 1. The second-order valence-electron chi connectivity index (χ2n) is 5.31. The zero-order valence-corrected chi connectivity index (χ0v) is 11.9. The first-order valence-corrected chi connectivity index (χ1v) is 7.03. The Morgan fingerprint density at radius 2 is 1.67 bits per heavy atom. The van der Waals surface area contributed by atoms with E-state index in [1.807, 2.05) is 6.92 Å². The van der Waals surface area contributed by atoms with Gasteiger partial charge in [0, 0.05) is 24.7 Å². The lowest BCUT2D eigenvalue weighted by atomic mass is 10.1. The summed E-state index contributed by atoms with van der Waals surface area (Å²) in [5.41, 5.74) is 0.412. The van der Waals surface area contributed by atoms with E-state index >= 15 is 0 Å². The number of halogens is 3. The first-order chi connectivity index (χ1) is 9.88. The molecular formula is C16H18F3NO. The zero-order valence-electron chi connectivity index (χ0n) is 11.9. The number of carbonyl (C=O) groups is 1. The number of hydrogen-bond donors (Lipinski definition) is 0. The first kappa shape index (κ1) is 15.6. The van der Waals surface area contributed by atoms with E-state index in [-0.39, 0.29) is 5.56 Å². The van der Waals surface area contributed by atoms with E-state index in [2.05, 4.69) is 0 Å². The van der Waals surface area contributed by atoms with Crippen molar-refractivity contribution in [3.8, 4) is 0 Å². The van der Waals surface area contributed by atoms with Crippen LogP contribution in [0.3, 0.4) is 0 Å². The number of hydrogen-bond acceptors (Lipinski definition) is 2. The molecule has 1 saturated heterocycles. The Bertz CT molecular complexity index is 525. The molecule has 0 unspecified atom stereocenters. The third kappa shape index (κ3) is 4.09. The maximum absolute atomic E-state index is 13.2. The van der Waals surface area contributed by atoms with E-state index in [9.17, 15) is 18.0 Å². The molecule has 0 aliphatic carbocycles. The Labute approximate surface area is 122 Å². The highest BCUT2D eigenvalue weighted by molar-refractivity contribution is 6.05. The van der Waals surface area contributed by atoms with Crippen molar-refractivity contribution in [3.63, 3.8) is 0 Å². The first-order valence-electron chi connectivity index (χ1n) is 7.03. The third-order valence-electron chi connectivity index (χ3n) is 3.59. The Hall–Kier alpha value is -1.78. The van der Waals surface area contributed by atoms with Crippen LogP contribution in [0.1, 0.15) is 35.2 Å². The van der Waals surface area contributed by atoms with Crippen LogP contribution in [0.15, 0.2) is 36.0 Å². The summed E-state index contributed by atoms with van der Waals surface area (Å²) in [7, 11) is 0. The molecule has 1 aromatic carbocycles. The van der Waals surface area contributed by atoms with Gasteiger partial charge in [-0.2, -0.15) is 13.2 Å². The molecule has 2 rings (SSSR count). The lowest BCUT2D eigenvalue weighted by molar-refractivity contribution is -0.112. The lowest BCUT2D eigenvalue weighted by Gasteiger charge is -2.31. The van der Waals surface area contributed by atoms with Gasteiger partial charge in [-0.25, -0.2) is 0 Å². The highest BCUT2D eigenvalue weighted by Gasteiger charge is 2.38. The molecule has 5 heteroatoms. The molecule has 21 heavy (non-hydrogen) atoms.